The van der Waals surface area contributed by atoms with E-state index in [2.05, 4.69) is 5.32 Å². The lowest BCUT2D eigenvalue weighted by atomic mass is 10.2. The highest BCUT2D eigenvalue weighted by Crippen LogP contribution is 2.28. The van der Waals surface area contributed by atoms with Crippen LogP contribution in [0.25, 0.3) is 0 Å². The lowest BCUT2D eigenvalue weighted by Gasteiger charge is -2.26. The molecule has 3 rings (SSSR count). The zero-order valence-electron chi connectivity index (χ0n) is 16.6. The van der Waals surface area contributed by atoms with E-state index in [1.807, 2.05) is 13.0 Å². The second kappa shape index (κ2) is 9.59. The normalized spacial score (nSPS) is 14.9. The molecule has 0 aliphatic carbocycles. The maximum atomic E-state index is 12.9. The monoisotopic (exact) mass is 450 g/mol. The number of piperidine rings is 1. The first kappa shape index (κ1) is 22.3. The number of aryl methyl sites for hydroxylation is 1. The topological polar surface area (TPSA) is 92.8 Å². The van der Waals surface area contributed by atoms with Gasteiger partial charge in [-0.1, -0.05) is 30.2 Å². The molecule has 160 valence electrons. The minimum atomic E-state index is -3.81. The van der Waals surface area contributed by atoms with Crippen LogP contribution in [0.1, 0.15) is 35.2 Å². The lowest BCUT2D eigenvalue weighted by Crippen LogP contribution is -2.35. The summed E-state index contributed by atoms with van der Waals surface area (Å²) in [5.74, 6) is -1.30. The third-order valence-electron chi connectivity index (χ3n) is 4.74. The summed E-state index contributed by atoms with van der Waals surface area (Å²) in [6, 6.07) is 11.1. The fraction of sp³-hybridized carbons (Fsp3) is 0.333. The van der Waals surface area contributed by atoms with E-state index in [1.54, 1.807) is 18.2 Å². The Morgan fingerprint density at radius 1 is 1.10 bits per heavy atom. The fourth-order valence-electron chi connectivity index (χ4n) is 3.21. The average Bonchev–Trinajstić information content (AvgIpc) is 2.73. The fourth-order valence-corrected chi connectivity index (χ4v) is 5.22. The highest BCUT2D eigenvalue weighted by Gasteiger charge is 2.29. The van der Waals surface area contributed by atoms with E-state index in [1.165, 1.54) is 22.5 Å². The molecule has 0 saturated carbocycles. The average molecular weight is 451 g/mol. The van der Waals surface area contributed by atoms with Gasteiger partial charge in [-0.25, -0.2) is 13.2 Å². The minimum Gasteiger partial charge on any atom is -0.452 e. The van der Waals surface area contributed by atoms with Gasteiger partial charge in [-0.3, -0.25) is 4.79 Å². The Kier molecular flexibility index (Phi) is 7.12. The van der Waals surface area contributed by atoms with Gasteiger partial charge in [-0.2, -0.15) is 4.31 Å². The van der Waals surface area contributed by atoms with Crippen LogP contribution in [-0.2, 0) is 19.6 Å². The highest BCUT2D eigenvalue weighted by atomic mass is 35.5. The number of rotatable bonds is 6. The van der Waals surface area contributed by atoms with Gasteiger partial charge in [0.2, 0.25) is 10.0 Å². The van der Waals surface area contributed by atoms with Crippen molar-refractivity contribution >= 4 is 39.2 Å². The standard InChI is InChI=1S/C21H23ClN2O5S/c1-15-6-5-7-17(12-15)23-20(25)14-29-21(26)16-8-9-18(22)19(13-16)30(27,28)24-10-3-2-4-11-24/h5-9,12-13H,2-4,10-11,14H2,1H3,(H,23,25). The van der Waals surface area contributed by atoms with Crippen LogP contribution in [0.15, 0.2) is 47.4 Å². The van der Waals surface area contributed by atoms with Crippen LogP contribution < -0.4 is 5.32 Å². The van der Waals surface area contributed by atoms with Crippen LogP contribution in [0.3, 0.4) is 0 Å². The Morgan fingerprint density at radius 3 is 2.53 bits per heavy atom. The van der Waals surface area contributed by atoms with Crippen molar-refractivity contribution in [3.8, 4) is 0 Å². The summed E-state index contributed by atoms with van der Waals surface area (Å²) in [6.45, 7) is 2.24. The molecule has 0 unspecified atom stereocenters. The van der Waals surface area contributed by atoms with Crippen molar-refractivity contribution in [2.45, 2.75) is 31.1 Å². The summed E-state index contributed by atoms with van der Waals surface area (Å²) >= 11 is 6.11. The van der Waals surface area contributed by atoms with Crippen LogP contribution in [0, 0.1) is 6.92 Å². The van der Waals surface area contributed by atoms with Gasteiger partial charge >= 0.3 is 5.97 Å². The van der Waals surface area contributed by atoms with E-state index in [0.29, 0.717) is 18.8 Å². The molecule has 2 aromatic carbocycles. The second-order valence-corrected chi connectivity index (χ2v) is 9.42. The van der Waals surface area contributed by atoms with E-state index in [-0.39, 0.29) is 15.5 Å². The summed E-state index contributed by atoms with van der Waals surface area (Å²) in [5.41, 5.74) is 1.59. The number of esters is 1. The summed E-state index contributed by atoms with van der Waals surface area (Å²) in [7, 11) is -3.81. The molecule has 1 saturated heterocycles. The Hall–Kier alpha value is -2.42. The Balaban J connectivity index is 1.67. The maximum Gasteiger partial charge on any atom is 0.338 e. The van der Waals surface area contributed by atoms with E-state index < -0.39 is 28.5 Å². The lowest BCUT2D eigenvalue weighted by molar-refractivity contribution is -0.119. The number of benzene rings is 2. The molecule has 9 heteroatoms. The van der Waals surface area contributed by atoms with E-state index >= 15 is 0 Å². The van der Waals surface area contributed by atoms with Gasteiger partial charge in [0, 0.05) is 18.8 Å². The Bertz CT molecular complexity index is 1050. The van der Waals surface area contributed by atoms with E-state index in [4.69, 9.17) is 16.3 Å². The minimum absolute atomic E-state index is 0.0124. The molecule has 2 aromatic rings. The zero-order valence-corrected chi connectivity index (χ0v) is 18.1. The SMILES string of the molecule is Cc1cccc(NC(=O)COC(=O)c2ccc(Cl)c(S(=O)(=O)N3CCCCC3)c2)c1. The molecule has 0 bridgehead atoms. The van der Waals surface area contributed by atoms with Crippen LogP contribution >= 0.6 is 11.6 Å². The number of halogens is 1. The third-order valence-corrected chi connectivity index (χ3v) is 7.12. The third kappa shape index (κ3) is 5.38. The smallest absolute Gasteiger partial charge is 0.338 e. The van der Waals surface area contributed by atoms with Gasteiger partial charge < -0.3 is 10.1 Å². The second-order valence-electron chi connectivity index (χ2n) is 7.10. The van der Waals surface area contributed by atoms with Gasteiger partial charge in [0.1, 0.15) is 4.90 Å². The van der Waals surface area contributed by atoms with Gasteiger partial charge in [-0.15, -0.1) is 0 Å². The number of nitrogens with one attached hydrogen (secondary N) is 1. The summed E-state index contributed by atoms with van der Waals surface area (Å²) in [6.07, 6.45) is 2.56. The molecule has 1 aliphatic heterocycles. The summed E-state index contributed by atoms with van der Waals surface area (Å²) in [5, 5.41) is 2.67. The number of amides is 1. The summed E-state index contributed by atoms with van der Waals surface area (Å²) in [4.78, 5) is 24.3. The van der Waals surface area contributed by atoms with Crippen LogP contribution in [-0.4, -0.2) is 44.3 Å². The summed E-state index contributed by atoms with van der Waals surface area (Å²) < 4.78 is 32.2. The predicted octanol–water partition coefficient (Wildman–Crippen LogP) is 3.62. The van der Waals surface area contributed by atoms with Crippen molar-refractivity contribution in [3.05, 3.63) is 58.6 Å². The number of hydrogen-bond donors (Lipinski definition) is 1. The van der Waals surface area contributed by atoms with Crippen molar-refractivity contribution in [2.75, 3.05) is 25.0 Å². The molecule has 0 aromatic heterocycles. The van der Waals surface area contributed by atoms with Crippen molar-refractivity contribution in [1.29, 1.82) is 0 Å². The predicted molar refractivity (Wildman–Crippen MR) is 114 cm³/mol. The first-order valence-electron chi connectivity index (χ1n) is 9.61. The quantitative estimate of drug-likeness (QED) is 0.678. The van der Waals surface area contributed by atoms with Gasteiger partial charge in [0.25, 0.3) is 5.91 Å². The Labute approximate surface area is 181 Å². The van der Waals surface area contributed by atoms with Crippen molar-refractivity contribution in [2.24, 2.45) is 0 Å². The van der Waals surface area contributed by atoms with E-state index in [0.717, 1.165) is 24.8 Å². The molecular weight excluding hydrogens is 428 g/mol. The molecule has 0 atom stereocenters. The first-order valence-corrected chi connectivity index (χ1v) is 11.4. The number of anilines is 1. The molecule has 0 radical (unpaired) electrons. The van der Waals surface area contributed by atoms with Crippen molar-refractivity contribution in [3.63, 3.8) is 0 Å². The molecule has 1 fully saturated rings. The molecule has 30 heavy (non-hydrogen) atoms. The molecule has 7 nitrogen and oxygen atoms in total. The maximum absolute atomic E-state index is 12.9. The number of carbonyl (C=O) groups excluding carboxylic acids is 2. The van der Waals surface area contributed by atoms with Crippen LogP contribution in [0.5, 0.6) is 0 Å². The van der Waals surface area contributed by atoms with Gasteiger partial charge in [-0.05, 0) is 55.7 Å². The zero-order chi connectivity index (χ0) is 21.7. The highest BCUT2D eigenvalue weighted by molar-refractivity contribution is 7.89. The van der Waals surface area contributed by atoms with Crippen LogP contribution in [0.2, 0.25) is 5.02 Å². The molecule has 1 N–H and O–H groups in total. The molecule has 1 heterocycles. The van der Waals surface area contributed by atoms with Gasteiger partial charge in [0.05, 0.1) is 10.6 Å². The number of nitrogens with zero attached hydrogens (tertiary/aromatic N) is 1. The van der Waals surface area contributed by atoms with Crippen LogP contribution in [0.4, 0.5) is 5.69 Å². The largest absolute Gasteiger partial charge is 0.452 e. The number of carbonyl (C=O) groups is 2. The van der Waals surface area contributed by atoms with Gasteiger partial charge in [0.15, 0.2) is 6.61 Å². The molecule has 0 spiro atoms. The van der Waals surface area contributed by atoms with Crippen molar-refractivity contribution < 1.29 is 22.7 Å². The molecular formula is C21H23ClN2O5S. The Morgan fingerprint density at radius 2 is 1.83 bits per heavy atom. The molecule has 1 aliphatic rings. The number of hydrogen-bond acceptors (Lipinski definition) is 5. The first-order chi connectivity index (χ1) is 14.3. The molecule has 1 amide bonds. The van der Waals surface area contributed by atoms with E-state index in [9.17, 15) is 18.0 Å². The van der Waals surface area contributed by atoms with Crippen molar-refractivity contribution in [1.82, 2.24) is 4.31 Å². The number of sulfonamides is 1. The number of ether oxygens (including phenoxy) is 1.